The third-order valence-corrected chi connectivity index (χ3v) is 8.52. The van der Waals surface area contributed by atoms with Gasteiger partial charge in [0.25, 0.3) is 5.91 Å². The molecule has 4 N–H and O–H groups in total. The summed E-state index contributed by atoms with van der Waals surface area (Å²) in [6.07, 6.45) is 9.12. The number of aromatic nitrogens is 2. The van der Waals surface area contributed by atoms with Crippen molar-refractivity contribution in [1.29, 1.82) is 0 Å². The van der Waals surface area contributed by atoms with Crippen LogP contribution in [0.2, 0.25) is 0 Å². The Kier molecular flexibility index (Phi) is 7.57. The van der Waals surface area contributed by atoms with Gasteiger partial charge in [-0.05, 0) is 48.0 Å². The monoisotopic (exact) mass is 512 g/mol. The first kappa shape index (κ1) is 27.0. The average molecular weight is 513 g/mol. The summed E-state index contributed by atoms with van der Waals surface area (Å²) < 4.78 is 0. The number of nitrogens with one attached hydrogen (secondary N) is 2. The predicted molar refractivity (Wildman–Crippen MR) is 138 cm³/mol. The summed E-state index contributed by atoms with van der Waals surface area (Å²) in [5.41, 5.74) is 4.72. The van der Waals surface area contributed by atoms with Gasteiger partial charge in [-0.1, -0.05) is 53.4 Å². The Bertz CT molecular complexity index is 1040. The minimum atomic E-state index is -1.05. The van der Waals surface area contributed by atoms with Crippen molar-refractivity contribution < 1.29 is 19.2 Å². The molecule has 3 fully saturated rings. The number of nitrogens with two attached hydrogens (primary N) is 1. The van der Waals surface area contributed by atoms with E-state index in [4.69, 9.17) is 5.73 Å². The summed E-state index contributed by atoms with van der Waals surface area (Å²) >= 11 is 0. The van der Waals surface area contributed by atoms with Gasteiger partial charge in [0.2, 0.25) is 23.5 Å². The van der Waals surface area contributed by atoms with E-state index in [2.05, 4.69) is 27.5 Å². The fraction of sp³-hybridized carbons (Fsp3) is 0.704. The summed E-state index contributed by atoms with van der Waals surface area (Å²) in [5, 5.41) is 6.00. The van der Waals surface area contributed by atoms with E-state index in [-0.39, 0.29) is 17.2 Å². The van der Waals surface area contributed by atoms with E-state index in [0.29, 0.717) is 31.3 Å². The van der Waals surface area contributed by atoms with Crippen LogP contribution in [0.15, 0.2) is 18.5 Å². The van der Waals surface area contributed by atoms with Gasteiger partial charge < -0.3 is 21.3 Å². The van der Waals surface area contributed by atoms with Crippen molar-refractivity contribution >= 4 is 29.5 Å². The molecule has 5 atom stereocenters. The van der Waals surface area contributed by atoms with Crippen molar-refractivity contribution in [2.45, 2.75) is 90.8 Å². The molecular weight excluding hydrogens is 472 g/mol. The smallest absolute Gasteiger partial charge is 0.287 e. The van der Waals surface area contributed by atoms with E-state index in [0.717, 1.165) is 32.1 Å². The van der Waals surface area contributed by atoms with Crippen molar-refractivity contribution in [3.8, 4) is 0 Å². The average Bonchev–Trinajstić information content (AvgIpc) is 3.36. The fourth-order valence-corrected chi connectivity index (χ4v) is 5.98. The Hall–Kier alpha value is -3.04. The van der Waals surface area contributed by atoms with Crippen LogP contribution in [0.3, 0.4) is 0 Å². The molecule has 3 amide bonds. The van der Waals surface area contributed by atoms with Gasteiger partial charge >= 0.3 is 0 Å². The number of rotatable bonds is 10. The standard InChI is InChI=1S/C27H40N6O4/c1-5-17-13-27(17)14-19(23(36)31-18(20(34)22(28)35)12-16-8-6-9-16)33(15-27)24(37)21(26(2,3)4)32-25-29-10-7-11-30-25/h7,10-11,16-19,21H,5-6,8-9,12-15H2,1-4H3,(H2,28,35)(H,31,36)(H,29,30,32)/t17?,18?,19-,21+,27-/m0/s1. The Labute approximate surface area is 218 Å². The zero-order valence-corrected chi connectivity index (χ0v) is 22.3. The number of ketones is 1. The number of Topliss-reactive ketones (excluding diaryl/α,β-unsaturated/α-hetero) is 1. The molecule has 1 aromatic heterocycles. The molecule has 0 bridgehead atoms. The van der Waals surface area contributed by atoms with Crippen molar-refractivity contribution in [3.05, 3.63) is 18.5 Å². The maximum atomic E-state index is 14.1. The highest BCUT2D eigenvalue weighted by molar-refractivity contribution is 6.37. The normalized spacial score (nSPS) is 26.8. The van der Waals surface area contributed by atoms with Gasteiger partial charge in [0.05, 0.1) is 6.04 Å². The lowest BCUT2D eigenvalue weighted by Crippen LogP contribution is -2.57. The molecule has 202 valence electrons. The van der Waals surface area contributed by atoms with Crippen LogP contribution in [0.1, 0.15) is 72.6 Å². The molecule has 2 saturated carbocycles. The van der Waals surface area contributed by atoms with Crippen molar-refractivity contribution in [2.75, 3.05) is 11.9 Å². The molecule has 2 heterocycles. The van der Waals surface area contributed by atoms with E-state index in [1.54, 1.807) is 23.4 Å². The molecule has 1 saturated heterocycles. The number of carbonyl (C=O) groups is 4. The van der Waals surface area contributed by atoms with Gasteiger partial charge in [-0.3, -0.25) is 19.2 Å². The zero-order chi connectivity index (χ0) is 27.0. The minimum absolute atomic E-state index is 0.0880. The minimum Gasteiger partial charge on any atom is -0.363 e. The second-order valence-corrected chi connectivity index (χ2v) is 12.2. The van der Waals surface area contributed by atoms with Crippen molar-refractivity contribution in [3.63, 3.8) is 0 Å². The highest BCUT2D eigenvalue weighted by Crippen LogP contribution is 2.61. The van der Waals surface area contributed by atoms with Crippen LogP contribution < -0.4 is 16.4 Å². The number of amides is 3. The first-order chi connectivity index (χ1) is 17.4. The van der Waals surface area contributed by atoms with Gasteiger partial charge in [0.1, 0.15) is 12.1 Å². The molecule has 10 nitrogen and oxygen atoms in total. The lowest BCUT2D eigenvalue weighted by Gasteiger charge is -2.36. The Morgan fingerprint density at radius 1 is 1.16 bits per heavy atom. The summed E-state index contributed by atoms with van der Waals surface area (Å²) in [6, 6.07) is -0.650. The van der Waals surface area contributed by atoms with E-state index in [1.165, 1.54) is 0 Å². The summed E-state index contributed by atoms with van der Waals surface area (Å²) in [5.74, 6) is -1.33. The van der Waals surface area contributed by atoms with Crippen LogP contribution in [-0.4, -0.2) is 63.0 Å². The number of nitrogens with zero attached hydrogens (tertiary/aromatic N) is 3. The molecule has 0 radical (unpaired) electrons. The molecule has 1 aliphatic heterocycles. The first-order valence-electron chi connectivity index (χ1n) is 13.4. The van der Waals surface area contributed by atoms with Crippen LogP contribution in [0, 0.1) is 22.7 Å². The molecule has 0 aromatic carbocycles. The summed E-state index contributed by atoms with van der Waals surface area (Å²) in [4.78, 5) is 62.1. The van der Waals surface area contributed by atoms with Crippen LogP contribution in [0.4, 0.5) is 5.95 Å². The van der Waals surface area contributed by atoms with Crippen LogP contribution in [0.25, 0.3) is 0 Å². The van der Waals surface area contributed by atoms with E-state index >= 15 is 0 Å². The highest BCUT2D eigenvalue weighted by Gasteiger charge is 2.62. The Morgan fingerprint density at radius 2 is 1.84 bits per heavy atom. The Morgan fingerprint density at radius 3 is 2.35 bits per heavy atom. The molecule has 4 rings (SSSR count). The lowest BCUT2D eigenvalue weighted by molar-refractivity contribution is -0.142. The van der Waals surface area contributed by atoms with E-state index < -0.39 is 41.1 Å². The topological polar surface area (TPSA) is 147 Å². The molecule has 2 unspecified atom stereocenters. The van der Waals surface area contributed by atoms with E-state index in [1.807, 2.05) is 20.8 Å². The molecule has 1 aromatic rings. The van der Waals surface area contributed by atoms with Crippen molar-refractivity contribution in [2.24, 2.45) is 28.4 Å². The number of anilines is 1. The third-order valence-electron chi connectivity index (χ3n) is 8.52. The maximum Gasteiger partial charge on any atom is 0.287 e. The van der Waals surface area contributed by atoms with Crippen LogP contribution in [0.5, 0.6) is 0 Å². The molecule has 3 aliphatic rings. The van der Waals surface area contributed by atoms with Crippen molar-refractivity contribution in [1.82, 2.24) is 20.2 Å². The molecular formula is C27H40N6O4. The number of primary amides is 1. The maximum absolute atomic E-state index is 14.1. The van der Waals surface area contributed by atoms with Crippen LogP contribution in [-0.2, 0) is 19.2 Å². The highest BCUT2D eigenvalue weighted by atomic mass is 16.2. The third kappa shape index (κ3) is 5.78. The molecule has 37 heavy (non-hydrogen) atoms. The van der Waals surface area contributed by atoms with E-state index in [9.17, 15) is 19.2 Å². The van der Waals surface area contributed by atoms with Gasteiger partial charge in [0, 0.05) is 18.9 Å². The predicted octanol–water partition coefficient (Wildman–Crippen LogP) is 2.05. The lowest BCUT2D eigenvalue weighted by atomic mass is 9.80. The fourth-order valence-electron chi connectivity index (χ4n) is 5.98. The second kappa shape index (κ2) is 10.4. The molecule has 10 heteroatoms. The number of hydrogen-bond acceptors (Lipinski definition) is 7. The largest absolute Gasteiger partial charge is 0.363 e. The second-order valence-electron chi connectivity index (χ2n) is 12.2. The summed E-state index contributed by atoms with van der Waals surface area (Å²) in [6.45, 7) is 8.49. The quantitative estimate of drug-likeness (QED) is 0.406. The SMILES string of the molecule is CCC1C[C@@]12C[C@@H](C(=O)NC(CC1CCC1)C(=O)C(N)=O)N(C(=O)[C@@H](Nc1ncccn1)C(C)(C)C)C2. The first-order valence-corrected chi connectivity index (χ1v) is 13.4. The van der Waals surface area contributed by atoms with Gasteiger partial charge in [-0.15, -0.1) is 0 Å². The van der Waals surface area contributed by atoms with Gasteiger partial charge in [0.15, 0.2) is 0 Å². The zero-order valence-electron chi connectivity index (χ0n) is 22.3. The summed E-state index contributed by atoms with van der Waals surface area (Å²) in [7, 11) is 0. The van der Waals surface area contributed by atoms with Gasteiger partial charge in [-0.2, -0.15) is 0 Å². The number of carbonyl (C=O) groups excluding carboxylic acids is 4. The van der Waals surface area contributed by atoms with Crippen LogP contribution >= 0.6 is 0 Å². The molecule has 1 spiro atoms. The Balaban J connectivity index is 1.57. The number of hydrogen-bond donors (Lipinski definition) is 3. The van der Waals surface area contributed by atoms with Gasteiger partial charge in [-0.25, -0.2) is 9.97 Å². The number of likely N-dealkylation sites (tertiary alicyclic amines) is 1. The molecule has 2 aliphatic carbocycles.